The van der Waals surface area contributed by atoms with Gasteiger partial charge in [0.25, 0.3) is 0 Å². The van der Waals surface area contributed by atoms with Gasteiger partial charge in [-0.15, -0.1) is 10.2 Å². The van der Waals surface area contributed by atoms with E-state index in [1.54, 1.807) is 12.1 Å². The van der Waals surface area contributed by atoms with Crippen molar-refractivity contribution in [3.05, 3.63) is 75.8 Å². The van der Waals surface area contributed by atoms with Crippen molar-refractivity contribution in [2.24, 2.45) is 10.9 Å². The SMILES string of the molecule is Fc1cccc(F)c1C1=NCc2nnc(CNCC3CC3)n2-c2ccc(Cl)cc21. The molecule has 0 unspecified atom stereocenters. The van der Waals surface area contributed by atoms with Crippen molar-refractivity contribution in [2.45, 2.75) is 25.9 Å². The van der Waals surface area contributed by atoms with E-state index >= 15 is 0 Å². The number of rotatable bonds is 5. The maximum absolute atomic E-state index is 14.5. The number of benzene rings is 2. The molecule has 148 valence electrons. The summed E-state index contributed by atoms with van der Waals surface area (Å²) in [7, 11) is 0. The molecule has 0 amide bonds. The van der Waals surface area contributed by atoms with Crippen LogP contribution >= 0.6 is 11.6 Å². The van der Waals surface area contributed by atoms with Crippen molar-refractivity contribution in [1.82, 2.24) is 20.1 Å². The zero-order valence-electron chi connectivity index (χ0n) is 15.5. The Morgan fingerprint density at radius 1 is 1.10 bits per heavy atom. The third kappa shape index (κ3) is 3.45. The Morgan fingerprint density at radius 2 is 1.90 bits per heavy atom. The molecular formula is C21H18ClF2N5. The van der Waals surface area contributed by atoms with E-state index in [9.17, 15) is 8.78 Å². The van der Waals surface area contributed by atoms with Crippen LogP contribution in [0.2, 0.25) is 5.02 Å². The molecule has 8 heteroatoms. The normalized spacial score (nSPS) is 15.5. The summed E-state index contributed by atoms with van der Waals surface area (Å²) in [5.74, 6) is 0.752. The summed E-state index contributed by atoms with van der Waals surface area (Å²) >= 11 is 6.23. The predicted octanol–water partition coefficient (Wildman–Crippen LogP) is 4.05. The molecule has 0 bridgehead atoms. The van der Waals surface area contributed by atoms with Gasteiger partial charge in [0.2, 0.25) is 0 Å². The first kappa shape index (κ1) is 18.4. The molecule has 3 aromatic rings. The second-order valence-corrected chi connectivity index (χ2v) is 7.80. The summed E-state index contributed by atoms with van der Waals surface area (Å²) < 4.78 is 31.0. The van der Waals surface area contributed by atoms with Gasteiger partial charge in [-0.3, -0.25) is 9.56 Å². The van der Waals surface area contributed by atoms with Crippen molar-refractivity contribution in [3.63, 3.8) is 0 Å². The lowest BCUT2D eigenvalue weighted by molar-refractivity contribution is 0.579. The van der Waals surface area contributed by atoms with Gasteiger partial charge in [-0.1, -0.05) is 17.7 Å². The minimum absolute atomic E-state index is 0.158. The lowest BCUT2D eigenvalue weighted by Gasteiger charge is -2.15. The second-order valence-electron chi connectivity index (χ2n) is 7.37. The third-order valence-corrected chi connectivity index (χ3v) is 5.48. The quantitative estimate of drug-likeness (QED) is 0.686. The van der Waals surface area contributed by atoms with Crippen LogP contribution in [0.15, 0.2) is 41.4 Å². The predicted molar refractivity (Wildman–Crippen MR) is 107 cm³/mol. The van der Waals surface area contributed by atoms with E-state index in [1.807, 2.05) is 10.6 Å². The Bertz CT molecular complexity index is 1100. The van der Waals surface area contributed by atoms with Gasteiger partial charge in [0.1, 0.15) is 18.2 Å². The average molecular weight is 414 g/mol. The molecule has 1 aliphatic carbocycles. The van der Waals surface area contributed by atoms with Crippen LogP contribution in [0.4, 0.5) is 8.78 Å². The second kappa shape index (κ2) is 7.31. The standard InChI is InChI=1S/C21H18ClF2N5/c22-13-6-7-17-14(8-13)21(20-15(23)2-1-3-16(20)24)26-11-19-28-27-18(29(17)19)10-25-9-12-4-5-12/h1-3,6-8,12,25H,4-5,9-11H2. The van der Waals surface area contributed by atoms with Crippen molar-refractivity contribution >= 4 is 17.3 Å². The molecule has 2 heterocycles. The minimum Gasteiger partial charge on any atom is -0.310 e. The van der Waals surface area contributed by atoms with E-state index in [0.29, 0.717) is 28.6 Å². The van der Waals surface area contributed by atoms with Gasteiger partial charge >= 0.3 is 0 Å². The highest BCUT2D eigenvalue weighted by atomic mass is 35.5. The molecule has 2 aliphatic rings. The van der Waals surface area contributed by atoms with Gasteiger partial charge in [0.15, 0.2) is 11.6 Å². The topological polar surface area (TPSA) is 55.1 Å². The lowest BCUT2D eigenvalue weighted by atomic mass is 9.99. The van der Waals surface area contributed by atoms with Crippen LogP contribution in [0.3, 0.4) is 0 Å². The van der Waals surface area contributed by atoms with E-state index in [2.05, 4.69) is 20.5 Å². The first-order valence-electron chi connectivity index (χ1n) is 9.55. The molecule has 5 nitrogen and oxygen atoms in total. The molecule has 5 rings (SSSR count). The number of aliphatic imine (C=N–C) groups is 1. The molecule has 0 spiro atoms. The molecule has 0 radical (unpaired) electrons. The zero-order valence-corrected chi connectivity index (χ0v) is 16.3. The Morgan fingerprint density at radius 3 is 2.66 bits per heavy atom. The Hall–Kier alpha value is -2.64. The van der Waals surface area contributed by atoms with Crippen LogP contribution in [-0.2, 0) is 13.1 Å². The van der Waals surface area contributed by atoms with Crippen molar-refractivity contribution in [3.8, 4) is 5.69 Å². The largest absolute Gasteiger partial charge is 0.310 e. The van der Waals surface area contributed by atoms with Gasteiger partial charge in [0, 0.05) is 10.6 Å². The summed E-state index contributed by atoms with van der Waals surface area (Å²) in [5.41, 5.74) is 1.31. The van der Waals surface area contributed by atoms with Crippen LogP contribution in [0.25, 0.3) is 5.69 Å². The van der Waals surface area contributed by atoms with Gasteiger partial charge in [-0.05, 0) is 55.6 Å². The van der Waals surface area contributed by atoms with E-state index in [4.69, 9.17) is 11.6 Å². The maximum Gasteiger partial charge on any atom is 0.159 e. The Kier molecular flexibility index (Phi) is 4.64. The molecule has 1 saturated carbocycles. The molecule has 2 aromatic carbocycles. The zero-order chi connectivity index (χ0) is 20.0. The van der Waals surface area contributed by atoms with Gasteiger partial charge in [-0.25, -0.2) is 8.78 Å². The molecule has 29 heavy (non-hydrogen) atoms. The molecule has 1 aromatic heterocycles. The third-order valence-electron chi connectivity index (χ3n) is 5.24. The molecule has 0 atom stereocenters. The van der Waals surface area contributed by atoms with Crippen LogP contribution in [0.5, 0.6) is 0 Å². The minimum atomic E-state index is -0.668. The molecular weight excluding hydrogens is 396 g/mol. The van der Waals surface area contributed by atoms with Gasteiger partial charge < -0.3 is 5.32 Å². The highest BCUT2D eigenvalue weighted by Crippen LogP contribution is 2.30. The molecule has 1 fully saturated rings. The van der Waals surface area contributed by atoms with Crippen molar-refractivity contribution in [2.75, 3.05) is 6.54 Å². The van der Waals surface area contributed by atoms with Crippen LogP contribution in [-0.4, -0.2) is 27.0 Å². The van der Waals surface area contributed by atoms with E-state index < -0.39 is 11.6 Å². The van der Waals surface area contributed by atoms with Crippen LogP contribution in [0.1, 0.15) is 35.6 Å². The number of hydrogen-bond donors (Lipinski definition) is 1. The van der Waals surface area contributed by atoms with Crippen LogP contribution < -0.4 is 5.32 Å². The fourth-order valence-corrected chi connectivity index (χ4v) is 3.80. The Labute approximate surface area is 171 Å². The smallest absolute Gasteiger partial charge is 0.159 e. The number of hydrogen-bond acceptors (Lipinski definition) is 4. The monoisotopic (exact) mass is 413 g/mol. The van der Waals surface area contributed by atoms with Crippen LogP contribution in [0, 0.1) is 17.6 Å². The fourth-order valence-electron chi connectivity index (χ4n) is 3.62. The summed E-state index contributed by atoms with van der Waals surface area (Å²) in [5, 5.41) is 12.5. The number of halogens is 3. The first-order valence-corrected chi connectivity index (χ1v) is 9.92. The summed E-state index contributed by atoms with van der Waals surface area (Å²) in [4.78, 5) is 4.51. The maximum atomic E-state index is 14.5. The van der Waals surface area contributed by atoms with E-state index in [-0.39, 0.29) is 17.8 Å². The van der Waals surface area contributed by atoms with E-state index in [0.717, 1.165) is 18.3 Å². The Balaban J connectivity index is 1.62. The highest BCUT2D eigenvalue weighted by Gasteiger charge is 2.27. The molecule has 0 saturated heterocycles. The summed E-state index contributed by atoms with van der Waals surface area (Å²) in [6.07, 6.45) is 2.52. The number of aromatic nitrogens is 3. The van der Waals surface area contributed by atoms with Crippen molar-refractivity contribution in [1.29, 1.82) is 0 Å². The highest BCUT2D eigenvalue weighted by molar-refractivity contribution is 6.31. The molecule has 1 N–H and O–H groups in total. The number of nitrogens with one attached hydrogen (secondary N) is 1. The number of nitrogens with zero attached hydrogens (tertiary/aromatic N) is 4. The van der Waals surface area contributed by atoms with E-state index in [1.165, 1.54) is 31.0 Å². The fraction of sp³-hybridized carbons (Fsp3) is 0.286. The summed E-state index contributed by atoms with van der Waals surface area (Å²) in [6, 6.07) is 9.02. The molecule has 1 aliphatic heterocycles. The van der Waals surface area contributed by atoms with Crippen molar-refractivity contribution < 1.29 is 8.78 Å². The summed E-state index contributed by atoms with van der Waals surface area (Å²) in [6.45, 7) is 1.65. The first-order chi connectivity index (χ1) is 14.1. The van der Waals surface area contributed by atoms with Gasteiger partial charge in [-0.2, -0.15) is 0 Å². The van der Waals surface area contributed by atoms with Gasteiger partial charge in [0.05, 0.1) is 23.5 Å². The average Bonchev–Trinajstić information content (AvgIpc) is 3.46. The number of fused-ring (bicyclic) bond motifs is 3. The lowest BCUT2D eigenvalue weighted by Crippen LogP contribution is -2.20.